The molecule has 0 saturated carbocycles. The molecule has 10 aliphatic heterocycles. The standard InChI is InChI=1S/C55H82NO17.C37H63NO24.Al.HI.H/c1-27-29(3)42(26-62-24-39-19-15-13-16-20-39)69-52(31(27)5)70-46-33(7)36(10)66-55(71-47-30(4)28(2)34(8)64-51(47)61)50(46)73-53-43(56-37(11)58)48(44(60)41(23-57)68-53)72-54-49(67-38(12)59)45(32(6)35(9)65-54)63-25-40-21-17-14-18-22-40;1-7-8-52-35-30(25(49)19(43)11(2)53-35)61-37-32(29(21(45)13(4)55-37)60-34-27(51)24(48)22(46)16(9-39)58-34)62-33-18(38-14(5)41)28(23(47)17(10-40)57-33)59-36-31(56-15(6)42)26(50)20(44)12(3)54-36;;;/h13-22,27-36,41-55,57,60H,23-26H2,1-12H3,(H,56,58);11-13,16-37,39-40,43-51H,7-10H2,1-6H3,(H,38,41);;1H;/q-1;;+2;;/p-1/t27?,28-,29+,30+,31?,32+,33+,34?,35?,36?,41?,42+,43?,44-,45+,46+,47?,48-,49?,50?,51-,52-,53+,54+,55+;11?,12?,13?,16-,17?,18?,19-,20-,21-,22+,23+,24?,25-,26-,27?,28+,29-,30?,31?,32?,33-,34+,35+,36-,37-;;;/m10.../s1. The third-order valence-electron chi connectivity index (χ3n) is 28.0. The fourth-order valence-electron chi connectivity index (χ4n) is 18.9. The van der Waals surface area contributed by atoms with Gasteiger partial charge in [-0.15, -0.1) is 0 Å². The summed E-state index contributed by atoms with van der Waals surface area (Å²) in [5.41, 5.74) is 1.97. The molecule has 0 aliphatic carbocycles. The molecule has 12 rings (SSSR count). The molecule has 43 nitrogen and oxygen atoms in total. The number of hydrogen-bond donors (Lipinski definition) is 15. The first-order valence-electron chi connectivity index (χ1n) is 47.4. The van der Waals surface area contributed by atoms with Crippen LogP contribution in [0, 0.1) is 41.4 Å². The van der Waals surface area contributed by atoms with Crippen LogP contribution < -0.4 is 10.6 Å². The lowest BCUT2D eigenvalue weighted by Gasteiger charge is -2.53. The normalized spacial score (nSPS) is 45.3. The Morgan fingerprint density at radius 3 is 1.24 bits per heavy atom. The van der Waals surface area contributed by atoms with Crippen molar-refractivity contribution in [1.82, 2.24) is 10.6 Å². The van der Waals surface area contributed by atoms with Crippen LogP contribution in [-0.2, 0) is 145 Å². The minimum Gasteiger partial charge on any atom is -0.471 e. The molecule has 15 N–H and O–H groups in total. The highest BCUT2D eigenvalue weighted by atomic mass is 127. The van der Waals surface area contributed by atoms with Crippen molar-refractivity contribution in [2.75, 3.05) is 33.0 Å². The van der Waals surface area contributed by atoms with E-state index in [0.717, 1.165) is 25.0 Å². The van der Waals surface area contributed by atoms with E-state index in [0.29, 0.717) is 19.6 Å². The number of nitrogens with one attached hydrogen (secondary N) is 2. The van der Waals surface area contributed by atoms with Gasteiger partial charge in [-0.1, -0.05) is 116 Å². The Labute approximate surface area is 815 Å². The number of aliphatic hydroxyl groups is 13. The van der Waals surface area contributed by atoms with Gasteiger partial charge in [0, 0.05) is 52.1 Å². The van der Waals surface area contributed by atoms with E-state index in [9.17, 15) is 85.6 Å². The number of halogens is 1. The largest absolute Gasteiger partial charge is 0.527 e. The Kier molecular flexibility index (Phi) is 43.1. The molecule has 0 spiro atoms. The van der Waals surface area contributed by atoms with Gasteiger partial charge in [0.1, 0.15) is 140 Å². The molecule has 137 heavy (non-hydrogen) atoms. The fourth-order valence-corrected chi connectivity index (χ4v) is 20.3. The lowest BCUT2D eigenvalue weighted by Crippen LogP contribution is -2.70. The van der Waals surface area contributed by atoms with Crippen LogP contribution in [0.15, 0.2) is 60.7 Å². The molecule has 0 radical (unpaired) electrons. The molecule has 0 aromatic heterocycles. The predicted octanol–water partition coefficient (Wildman–Crippen LogP) is -0.719. The summed E-state index contributed by atoms with van der Waals surface area (Å²) < 4.78 is 152. The van der Waals surface area contributed by atoms with E-state index in [2.05, 4.69) is 65.5 Å². The minimum absolute atomic E-state index is 0.0503. The van der Waals surface area contributed by atoms with Crippen molar-refractivity contribution in [1.29, 1.82) is 0 Å². The zero-order chi connectivity index (χ0) is 100. The summed E-state index contributed by atoms with van der Waals surface area (Å²) in [6.45, 7) is 29.9. The van der Waals surface area contributed by atoms with Gasteiger partial charge >= 0.3 is 24.2 Å². The molecule has 780 valence electrons. The van der Waals surface area contributed by atoms with Gasteiger partial charge in [-0.2, -0.15) is 20.3 Å². The summed E-state index contributed by atoms with van der Waals surface area (Å²) in [5.74, 6) is -3.14. The summed E-state index contributed by atoms with van der Waals surface area (Å²) in [6.07, 6.45) is -54.3. The highest BCUT2D eigenvalue weighted by molar-refractivity contribution is 14.1. The second-order valence-electron chi connectivity index (χ2n) is 37.7. The summed E-state index contributed by atoms with van der Waals surface area (Å²) in [6, 6.07) is 16.7. The predicted molar refractivity (Wildman–Crippen MR) is 481 cm³/mol. The number of carbonyl (C=O) groups excluding carboxylic acids is 4. The number of carbonyl (C=O) groups is 4. The number of esters is 2. The van der Waals surface area contributed by atoms with Gasteiger partial charge in [-0.3, -0.25) is 19.2 Å². The molecule has 10 heterocycles. The highest BCUT2D eigenvalue weighted by Crippen LogP contribution is 2.46. The number of aliphatic hydroxyl groups excluding tert-OH is 13. The monoisotopic (exact) mass is 2090 g/mol. The first-order valence-corrected chi connectivity index (χ1v) is 53.1. The number of hydrogen-bond acceptors (Lipinski definition) is 41. The maximum absolute atomic E-state index is 13.4. The SMILES string of the molecule is CC(=O)NC1[C@H](OC2[C@H](OC3[C@H]([O][AlH][I])OC(C)[C@H](C)[C@@H]3C)OC(C)[C@H](C)[C@@H]2O[C@H]2O[C@@H](COCc3ccccc3)[C@@H](C)C(C)C2C)OC(CO)[C@@H](O)[C@@H]1O[C@@H]1OC(C)[C@H](C)[C@H](OCc2ccccc2)C1OC(C)=O.CCCO[C@@H]1OC(C)[C@H](O)[C@H](O)C1O[C@@H]1OC(C)[C@H](O)[C@H](O[C@H]2O[C@@H](CO)[C@@H](O)C(O)C2O)C1O[C@@H]1OC(CO)[C@@H](O)[C@H](O[C@@H]2OC(C)[C@H](O)[C@H](O)C2OC(C)=O)C1NC(C)=O. The number of benzene rings is 2. The lowest BCUT2D eigenvalue weighted by molar-refractivity contribution is -0.405. The van der Waals surface area contributed by atoms with Crippen LogP contribution in [-0.4, -0.2) is 400 Å². The third kappa shape index (κ3) is 27.7. The van der Waals surface area contributed by atoms with Gasteiger partial charge in [0.15, 0.2) is 75.1 Å². The molecule has 0 bridgehead atoms. The van der Waals surface area contributed by atoms with E-state index >= 15 is 0 Å². The van der Waals surface area contributed by atoms with Crippen LogP contribution in [0.2, 0.25) is 0 Å². The summed E-state index contributed by atoms with van der Waals surface area (Å²) in [7, 11) is 0. The molecule has 10 aliphatic rings. The van der Waals surface area contributed by atoms with Crippen molar-refractivity contribution in [3.8, 4) is 0 Å². The van der Waals surface area contributed by atoms with Crippen molar-refractivity contribution >= 4 is 56.3 Å². The molecule has 20 unspecified atom stereocenters. The van der Waals surface area contributed by atoms with Crippen LogP contribution in [0.3, 0.4) is 0 Å². The quantitative estimate of drug-likeness (QED) is 0.0230. The number of amides is 2. The van der Waals surface area contributed by atoms with E-state index < -0.39 is 308 Å². The molecule has 2 aromatic carbocycles. The summed E-state index contributed by atoms with van der Waals surface area (Å²) in [5, 5.41) is 147. The highest BCUT2D eigenvalue weighted by Gasteiger charge is 2.62. The zero-order valence-electron chi connectivity index (χ0n) is 80.6. The maximum atomic E-state index is 13.4. The smallest absolute Gasteiger partial charge is 0.471 e. The molecular weight excluding hydrogens is 1940 g/mol. The van der Waals surface area contributed by atoms with Crippen molar-refractivity contribution < 1.29 is 198 Å². The van der Waals surface area contributed by atoms with Crippen molar-refractivity contribution in [3.63, 3.8) is 0 Å². The molecule has 45 heteroatoms. The molecule has 2 aromatic rings. The van der Waals surface area contributed by atoms with E-state index in [-0.39, 0.29) is 66.8 Å². The summed E-state index contributed by atoms with van der Waals surface area (Å²) >= 11 is 1.29. The van der Waals surface area contributed by atoms with Crippen LogP contribution in [0.4, 0.5) is 0 Å². The Morgan fingerprint density at radius 2 is 0.730 bits per heavy atom. The van der Waals surface area contributed by atoms with Gasteiger partial charge in [0.25, 0.3) is 0 Å². The van der Waals surface area contributed by atoms with Crippen molar-refractivity contribution in [3.05, 3.63) is 71.8 Å². The lowest BCUT2D eigenvalue weighted by atomic mass is 9.79. The Morgan fingerprint density at radius 1 is 0.328 bits per heavy atom. The van der Waals surface area contributed by atoms with Crippen molar-refractivity contribution in [2.45, 2.75) is 408 Å². The topological polar surface area (TPSA) is 577 Å². The van der Waals surface area contributed by atoms with E-state index in [4.69, 9.17) is 113 Å². The molecule has 10 fully saturated rings. The first kappa shape index (κ1) is 114. The first-order chi connectivity index (χ1) is 65.0. The molecule has 10 saturated heterocycles. The maximum Gasteiger partial charge on any atom is 0.527 e. The van der Waals surface area contributed by atoms with Gasteiger partial charge in [0.05, 0.1) is 88.5 Å². The fraction of sp³-hybridized carbons (Fsp3) is 0.826. The van der Waals surface area contributed by atoms with E-state index in [1.54, 1.807) is 6.92 Å². The average Bonchev–Trinajstić information content (AvgIpc) is 0.757. The van der Waals surface area contributed by atoms with Gasteiger partial charge in [-0.05, 0) is 82.8 Å². The second-order valence-corrected chi connectivity index (χ2v) is 40.1. The van der Waals surface area contributed by atoms with Crippen LogP contribution >= 0.6 is 20.3 Å². The van der Waals surface area contributed by atoms with E-state index in [1.807, 2.05) is 95.3 Å². The zero-order valence-corrected chi connectivity index (χ0v) is 84.2. The number of rotatable bonds is 35. The second kappa shape index (κ2) is 52.0. The Hall–Kier alpha value is -3.82. The van der Waals surface area contributed by atoms with Crippen molar-refractivity contribution in [2.24, 2.45) is 41.4 Å². The van der Waals surface area contributed by atoms with Crippen LogP contribution in [0.5, 0.6) is 0 Å². The summed E-state index contributed by atoms with van der Waals surface area (Å²) in [4.78, 5) is 51.1. The minimum atomic E-state index is -2.00. The molecular formula is C92H146AlIN2O41. The number of ether oxygens (including phenoxy) is 23. The Bertz CT molecular complexity index is 3990. The average molecular weight is 2090 g/mol. The van der Waals surface area contributed by atoms with Crippen LogP contribution in [0.1, 0.15) is 142 Å². The Balaban J connectivity index is 0.000000268. The third-order valence-corrected chi connectivity index (χ3v) is 29.6. The van der Waals surface area contributed by atoms with Crippen LogP contribution in [0.25, 0.3) is 0 Å². The van der Waals surface area contributed by atoms with Gasteiger partial charge < -0.3 is 190 Å². The van der Waals surface area contributed by atoms with E-state index in [1.165, 1.54) is 34.6 Å². The molecule has 50 atom stereocenters. The van der Waals surface area contributed by atoms with Gasteiger partial charge in [-0.25, -0.2) is 0 Å². The van der Waals surface area contributed by atoms with Gasteiger partial charge in [0.2, 0.25) is 11.8 Å². The molecule has 2 amide bonds.